The number of aromatic nitrogens is 2. The summed E-state index contributed by atoms with van der Waals surface area (Å²) >= 11 is 6.33. The van der Waals surface area contributed by atoms with Crippen LogP contribution in [0.1, 0.15) is 29.0 Å². The quantitative estimate of drug-likeness (QED) is 0.521. The molecule has 3 N–H and O–H groups in total. The monoisotopic (exact) mass is 418 g/mol. The number of nitrogens with zero attached hydrogens (tertiary/aromatic N) is 2. The van der Waals surface area contributed by atoms with Gasteiger partial charge in [0.1, 0.15) is 0 Å². The summed E-state index contributed by atoms with van der Waals surface area (Å²) in [5.41, 5.74) is 7.56. The highest BCUT2D eigenvalue weighted by Crippen LogP contribution is 2.25. The van der Waals surface area contributed by atoms with Gasteiger partial charge in [-0.15, -0.1) is 0 Å². The van der Waals surface area contributed by atoms with Crippen molar-refractivity contribution >= 4 is 34.0 Å². The molecule has 7 heteroatoms. The molecule has 0 fully saturated rings. The van der Waals surface area contributed by atoms with Crippen molar-refractivity contribution in [2.75, 3.05) is 5.73 Å². The van der Waals surface area contributed by atoms with Crippen LogP contribution in [0.3, 0.4) is 0 Å². The number of benzene rings is 2. The Labute approximate surface area is 177 Å². The van der Waals surface area contributed by atoms with Gasteiger partial charge < -0.3 is 11.1 Å². The zero-order chi connectivity index (χ0) is 21.3. The van der Waals surface area contributed by atoms with Crippen LogP contribution in [0.2, 0.25) is 5.02 Å². The molecule has 2 aromatic heterocycles. The number of nitrogen functional groups attached to an aromatic ring is 1. The molecule has 150 valence electrons. The summed E-state index contributed by atoms with van der Waals surface area (Å²) in [4.78, 5) is 30.1. The van der Waals surface area contributed by atoms with E-state index >= 15 is 0 Å². The van der Waals surface area contributed by atoms with E-state index in [1.165, 1.54) is 12.4 Å². The predicted molar refractivity (Wildman–Crippen MR) is 119 cm³/mol. The lowest BCUT2D eigenvalue weighted by Crippen LogP contribution is -2.32. The van der Waals surface area contributed by atoms with Crippen molar-refractivity contribution < 1.29 is 4.79 Å². The average molecular weight is 419 g/mol. The van der Waals surface area contributed by atoms with E-state index in [0.717, 1.165) is 0 Å². The minimum atomic E-state index is -0.485. The summed E-state index contributed by atoms with van der Waals surface area (Å²) in [5.74, 6) is -0.347. The third-order valence-electron chi connectivity index (χ3n) is 4.93. The zero-order valence-electron chi connectivity index (χ0n) is 16.2. The number of para-hydroxylation sites is 1. The zero-order valence-corrected chi connectivity index (χ0v) is 16.9. The van der Waals surface area contributed by atoms with Crippen molar-refractivity contribution in [3.05, 3.63) is 99.7 Å². The number of nitrogens with one attached hydrogen (secondary N) is 1. The number of pyridine rings is 2. The van der Waals surface area contributed by atoms with E-state index in [2.05, 4.69) is 10.3 Å². The highest BCUT2D eigenvalue weighted by atomic mass is 35.5. The number of halogens is 1. The molecule has 0 radical (unpaired) electrons. The highest BCUT2D eigenvalue weighted by molar-refractivity contribution is 6.35. The molecule has 0 aliphatic carbocycles. The van der Waals surface area contributed by atoms with Gasteiger partial charge in [0.2, 0.25) is 0 Å². The van der Waals surface area contributed by atoms with Crippen molar-refractivity contribution in [1.29, 1.82) is 0 Å². The summed E-state index contributed by atoms with van der Waals surface area (Å²) in [6.45, 7) is 1.82. The van der Waals surface area contributed by atoms with Gasteiger partial charge in [-0.1, -0.05) is 41.9 Å². The van der Waals surface area contributed by atoms with Crippen molar-refractivity contribution in [3.8, 4) is 5.69 Å². The third-order valence-corrected chi connectivity index (χ3v) is 5.24. The van der Waals surface area contributed by atoms with Crippen LogP contribution in [-0.4, -0.2) is 15.5 Å². The lowest BCUT2D eigenvalue weighted by Gasteiger charge is -2.21. The van der Waals surface area contributed by atoms with Gasteiger partial charge in [0, 0.05) is 17.6 Å². The van der Waals surface area contributed by atoms with Gasteiger partial charge in [0.05, 0.1) is 33.9 Å². The molecule has 1 amide bonds. The van der Waals surface area contributed by atoms with Crippen LogP contribution >= 0.6 is 11.6 Å². The van der Waals surface area contributed by atoms with Gasteiger partial charge in [-0.25, -0.2) is 0 Å². The van der Waals surface area contributed by atoms with Crippen molar-refractivity contribution in [2.45, 2.75) is 13.0 Å². The van der Waals surface area contributed by atoms with Crippen molar-refractivity contribution in [2.24, 2.45) is 0 Å². The first-order chi connectivity index (χ1) is 14.5. The number of nitrogens with two attached hydrogens (primary N) is 1. The van der Waals surface area contributed by atoms with Gasteiger partial charge in [0.15, 0.2) is 0 Å². The van der Waals surface area contributed by atoms with E-state index in [1.54, 1.807) is 22.8 Å². The molecule has 0 saturated heterocycles. The summed E-state index contributed by atoms with van der Waals surface area (Å²) in [7, 11) is 0. The smallest absolute Gasteiger partial charge is 0.264 e. The number of carbonyl (C=O) groups is 1. The first-order valence-corrected chi connectivity index (χ1v) is 9.75. The normalized spacial score (nSPS) is 11.9. The Morgan fingerprint density at radius 2 is 1.90 bits per heavy atom. The van der Waals surface area contributed by atoms with Gasteiger partial charge in [-0.05, 0) is 42.6 Å². The molecular formula is C23H19ClN4O2. The number of carbonyl (C=O) groups excluding carboxylic acids is 1. The summed E-state index contributed by atoms with van der Waals surface area (Å²) in [6, 6.07) is 17.5. The van der Waals surface area contributed by atoms with E-state index in [9.17, 15) is 9.59 Å². The molecule has 2 aromatic carbocycles. The fraction of sp³-hybridized carbons (Fsp3) is 0.0870. The Morgan fingerprint density at radius 1 is 1.13 bits per heavy atom. The standard InChI is InChI=1S/C23H19ClN4O2/c1-14(27-22(29)17-10-11-26-13-19(17)25)20-12-15-6-5-9-18(24)21(15)23(30)28(20)16-7-3-2-4-8-16/h2-14H,25H2,1H3,(H,27,29). The second kappa shape index (κ2) is 8.00. The Bertz CT molecular complexity index is 1300. The highest BCUT2D eigenvalue weighted by Gasteiger charge is 2.20. The Balaban J connectivity index is 1.86. The minimum absolute atomic E-state index is 0.246. The Hall–Kier alpha value is -3.64. The topological polar surface area (TPSA) is 90.0 Å². The minimum Gasteiger partial charge on any atom is -0.397 e. The van der Waals surface area contributed by atoms with Gasteiger partial charge in [-0.2, -0.15) is 0 Å². The molecule has 0 bridgehead atoms. The molecule has 4 rings (SSSR count). The maximum atomic E-state index is 13.4. The van der Waals surface area contributed by atoms with Crippen LogP contribution in [0.15, 0.2) is 77.9 Å². The van der Waals surface area contributed by atoms with Gasteiger partial charge >= 0.3 is 0 Å². The number of hydrogen-bond donors (Lipinski definition) is 2. The predicted octanol–water partition coefficient (Wildman–Crippen LogP) is 4.11. The molecule has 0 spiro atoms. The van der Waals surface area contributed by atoms with Crippen LogP contribution in [-0.2, 0) is 0 Å². The largest absolute Gasteiger partial charge is 0.397 e. The molecule has 30 heavy (non-hydrogen) atoms. The van der Waals surface area contributed by atoms with Crippen LogP contribution < -0.4 is 16.6 Å². The fourth-order valence-corrected chi connectivity index (χ4v) is 3.73. The van der Waals surface area contributed by atoms with E-state index < -0.39 is 6.04 Å². The molecule has 4 aromatic rings. The van der Waals surface area contributed by atoms with Crippen LogP contribution in [0, 0.1) is 0 Å². The Morgan fingerprint density at radius 3 is 2.63 bits per heavy atom. The molecule has 2 heterocycles. The maximum Gasteiger partial charge on any atom is 0.264 e. The van der Waals surface area contributed by atoms with Crippen molar-refractivity contribution in [3.63, 3.8) is 0 Å². The van der Waals surface area contributed by atoms with Crippen LogP contribution in [0.5, 0.6) is 0 Å². The van der Waals surface area contributed by atoms with Crippen LogP contribution in [0.25, 0.3) is 16.5 Å². The first-order valence-electron chi connectivity index (χ1n) is 9.37. The summed E-state index contributed by atoms with van der Waals surface area (Å²) in [5, 5.41) is 4.46. The lowest BCUT2D eigenvalue weighted by molar-refractivity contribution is 0.0939. The molecule has 0 aliphatic rings. The average Bonchev–Trinajstić information content (AvgIpc) is 2.74. The second-order valence-corrected chi connectivity index (χ2v) is 7.31. The van der Waals surface area contributed by atoms with Crippen molar-refractivity contribution in [1.82, 2.24) is 14.9 Å². The maximum absolute atomic E-state index is 13.4. The summed E-state index contributed by atoms with van der Waals surface area (Å²) < 4.78 is 1.58. The second-order valence-electron chi connectivity index (χ2n) is 6.91. The summed E-state index contributed by atoms with van der Waals surface area (Å²) in [6.07, 6.45) is 2.94. The molecule has 0 aliphatic heterocycles. The van der Waals surface area contributed by atoms with E-state index in [-0.39, 0.29) is 17.2 Å². The number of amides is 1. The third kappa shape index (κ3) is 3.53. The number of fused-ring (bicyclic) bond motifs is 1. The fourth-order valence-electron chi connectivity index (χ4n) is 3.46. The lowest BCUT2D eigenvalue weighted by atomic mass is 10.1. The number of hydrogen-bond acceptors (Lipinski definition) is 4. The number of anilines is 1. The van der Waals surface area contributed by atoms with Gasteiger partial charge in [0.25, 0.3) is 11.5 Å². The Kier molecular flexibility index (Phi) is 5.25. The molecule has 1 unspecified atom stereocenters. The van der Waals surface area contributed by atoms with Crippen LogP contribution in [0.4, 0.5) is 5.69 Å². The molecular weight excluding hydrogens is 400 g/mol. The van der Waals surface area contributed by atoms with E-state index in [0.29, 0.717) is 32.7 Å². The van der Waals surface area contributed by atoms with E-state index in [1.807, 2.05) is 49.4 Å². The van der Waals surface area contributed by atoms with E-state index in [4.69, 9.17) is 17.3 Å². The first kappa shape index (κ1) is 19.7. The van der Waals surface area contributed by atoms with Gasteiger partial charge in [-0.3, -0.25) is 19.1 Å². The molecule has 6 nitrogen and oxygen atoms in total. The molecule has 0 saturated carbocycles. The number of rotatable bonds is 4. The molecule has 1 atom stereocenters. The SMILES string of the molecule is CC(NC(=O)c1ccncc1N)c1cc2cccc(Cl)c2c(=O)n1-c1ccccc1.